The molecule has 0 saturated carbocycles. The number of benzene rings is 1. The van der Waals surface area contributed by atoms with Crippen LogP contribution in [0.15, 0.2) is 24.5 Å². The number of fused-ring (bicyclic) bond motifs is 2. The maximum absolute atomic E-state index is 15.1. The number of hydrogen-bond donors (Lipinski definition) is 4. The van der Waals surface area contributed by atoms with Crippen molar-refractivity contribution in [2.24, 2.45) is 0 Å². The number of hydrogen-bond acceptors (Lipinski definition) is 6. The number of pyridine rings is 2. The molecule has 1 aliphatic heterocycles. The number of nitrogens with one attached hydrogen (secondary N) is 2. The van der Waals surface area contributed by atoms with Gasteiger partial charge in [-0.25, -0.2) is 19.2 Å². The Labute approximate surface area is 159 Å². The molecule has 0 fully saturated rings. The van der Waals surface area contributed by atoms with Gasteiger partial charge in [0.1, 0.15) is 18.1 Å². The second kappa shape index (κ2) is 6.84. The van der Waals surface area contributed by atoms with Crippen molar-refractivity contribution in [3.63, 3.8) is 0 Å². The number of nitrogen functional groups attached to an aromatic ring is 1. The third-order valence-corrected chi connectivity index (χ3v) is 4.67. The first-order chi connectivity index (χ1) is 13.5. The first kappa shape index (κ1) is 17.8. The minimum Gasteiger partial charge on any atom is -0.474 e. The summed E-state index contributed by atoms with van der Waals surface area (Å²) in [6, 6.07) is 3.14. The molecule has 3 aromatic rings. The Kier molecular flexibility index (Phi) is 4.34. The summed E-state index contributed by atoms with van der Waals surface area (Å²) in [7, 11) is 0. The number of nitrogens with two attached hydrogens (primary N) is 1. The summed E-state index contributed by atoms with van der Waals surface area (Å²) in [5.74, 6) is 0.0610. The topological polar surface area (TPSA) is 122 Å². The van der Waals surface area contributed by atoms with Crippen molar-refractivity contribution >= 4 is 34.1 Å². The average Bonchev–Trinajstić information content (AvgIpc) is 2.69. The Bertz CT molecular complexity index is 1100. The van der Waals surface area contributed by atoms with Gasteiger partial charge in [-0.05, 0) is 29.5 Å². The predicted octanol–water partition coefficient (Wildman–Crippen LogP) is 3.47. The Morgan fingerprint density at radius 2 is 2.18 bits per heavy atom. The van der Waals surface area contributed by atoms with Crippen molar-refractivity contribution < 1.29 is 19.0 Å². The molecule has 0 aliphatic carbocycles. The molecule has 9 heteroatoms. The van der Waals surface area contributed by atoms with Gasteiger partial charge in [0, 0.05) is 35.5 Å². The van der Waals surface area contributed by atoms with Crippen molar-refractivity contribution in [1.29, 1.82) is 0 Å². The van der Waals surface area contributed by atoms with E-state index in [0.717, 1.165) is 11.3 Å². The second-order valence-corrected chi connectivity index (χ2v) is 6.33. The number of halogens is 1. The van der Waals surface area contributed by atoms with Gasteiger partial charge in [-0.15, -0.1) is 0 Å². The normalized spacial score (nSPS) is 12.8. The molecule has 3 heterocycles. The summed E-state index contributed by atoms with van der Waals surface area (Å²) < 4.78 is 20.7. The van der Waals surface area contributed by atoms with Gasteiger partial charge < -0.3 is 20.9 Å². The van der Waals surface area contributed by atoms with Crippen LogP contribution in [0.25, 0.3) is 21.9 Å². The van der Waals surface area contributed by atoms with Gasteiger partial charge in [-0.2, -0.15) is 0 Å². The lowest BCUT2D eigenvalue weighted by atomic mass is 9.95. The van der Waals surface area contributed by atoms with Crippen molar-refractivity contribution in [2.45, 2.75) is 13.3 Å². The van der Waals surface area contributed by atoms with E-state index in [1.807, 2.05) is 6.92 Å². The van der Waals surface area contributed by atoms with Gasteiger partial charge in [0.25, 0.3) is 0 Å². The summed E-state index contributed by atoms with van der Waals surface area (Å²) in [6.45, 7) is 3.13. The second-order valence-electron chi connectivity index (χ2n) is 6.33. The quantitative estimate of drug-likeness (QED) is 0.511. The van der Waals surface area contributed by atoms with Gasteiger partial charge in [-0.3, -0.25) is 5.32 Å². The molecule has 8 nitrogen and oxygen atoms in total. The summed E-state index contributed by atoms with van der Waals surface area (Å²) in [4.78, 5) is 19.2. The molecular formula is C19H18FN5O3. The molecule has 0 radical (unpaired) electrons. The first-order valence-corrected chi connectivity index (χ1v) is 8.76. The minimum atomic E-state index is -1.24. The maximum Gasteiger partial charge on any atom is 0.410 e. The van der Waals surface area contributed by atoms with Gasteiger partial charge in [0.15, 0.2) is 5.82 Å². The van der Waals surface area contributed by atoms with Crippen molar-refractivity contribution in [2.75, 3.05) is 29.5 Å². The lowest BCUT2D eigenvalue weighted by Crippen LogP contribution is -2.20. The molecule has 4 rings (SSSR count). The number of anilines is 3. The predicted molar refractivity (Wildman–Crippen MR) is 104 cm³/mol. The maximum atomic E-state index is 15.1. The van der Waals surface area contributed by atoms with Gasteiger partial charge >= 0.3 is 6.09 Å². The lowest BCUT2D eigenvalue weighted by Gasteiger charge is -2.23. The molecule has 0 unspecified atom stereocenters. The van der Waals surface area contributed by atoms with Crippen LogP contribution < -0.4 is 21.1 Å². The summed E-state index contributed by atoms with van der Waals surface area (Å²) >= 11 is 0. The highest BCUT2D eigenvalue weighted by molar-refractivity contribution is 5.99. The van der Waals surface area contributed by atoms with Crippen LogP contribution >= 0.6 is 0 Å². The van der Waals surface area contributed by atoms with E-state index in [1.165, 1.54) is 12.3 Å². The summed E-state index contributed by atoms with van der Waals surface area (Å²) in [5, 5.41) is 15.3. The fourth-order valence-electron chi connectivity index (χ4n) is 3.42. The number of carboxylic acid groups (broad SMARTS) is 1. The Morgan fingerprint density at radius 3 is 2.93 bits per heavy atom. The van der Waals surface area contributed by atoms with Gasteiger partial charge in [0.2, 0.25) is 5.88 Å². The van der Waals surface area contributed by atoms with E-state index in [1.54, 1.807) is 12.3 Å². The van der Waals surface area contributed by atoms with E-state index in [0.29, 0.717) is 41.8 Å². The molecule has 28 heavy (non-hydrogen) atoms. The SMILES string of the molecule is CCc1c(-c2cc3cc(NC(=O)O)ncc3c(N)c2F)cnc2c1NCCO2. The smallest absolute Gasteiger partial charge is 0.410 e. The summed E-state index contributed by atoms with van der Waals surface area (Å²) in [5.41, 5.74) is 8.50. The van der Waals surface area contributed by atoms with Crippen LogP contribution in [0.4, 0.5) is 26.4 Å². The third-order valence-electron chi connectivity index (χ3n) is 4.67. The van der Waals surface area contributed by atoms with Crippen LogP contribution in [0.2, 0.25) is 0 Å². The molecule has 0 bridgehead atoms. The highest BCUT2D eigenvalue weighted by Gasteiger charge is 2.22. The van der Waals surface area contributed by atoms with E-state index in [9.17, 15) is 4.79 Å². The van der Waals surface area contributed by atoms with Crippen LogP contribution in [-0.2, 0) is 6.42 Å². The number of carbonyl (C=O) groups is 1. The average molecular weight is 383 g/mol. The van der Waals surface area contributed by atoms with Crippen molar-refractivity contribution in [3.8, 4) is 17.0 Å². The van der Waals surface area contributed by atoms with Crippen LogP contribution in [0, 0.1) is 5.82 Å². The molecule has 144 valence electrons. The van der Waals surface area contributed by atoms with Crippen LogP contribution in [-0.4, -0.2) is 34.3 Å². The van der Waals surface area contributed by atoms with Gasteiger partial charge in [-0.1, -0.05) is 6.92 Å². The number of aromatic nitrogens is 2. The van der Waals surface area contributed by atoms with E-state index >= 15 is 4.39 Å². The Hall–Kier alpha value is -3.62. The van der Waals surface area contributed by atoms with E-state index in [2.05, 4.69) is 20.6 Å². The van der Waals surface area contributed by atoms with E-state index in [4.69, 9.17) is 15.6 Å². The molecule has 1 aromatic carbocycles. The molecule has 2 aromatic heterocycles. The standard InChI is InChI=1S/C19H18FN5O3/c1-2-10-13(8-24-18-17(10)22-3-4-28-18)11-5-9-6-14(25-19(26)27)23-7-12(9)16(21)15(11)20/h5-8,22H,2-4,21H2,1H3,(H,23,25)(H,26,27). The zero-order chi connectivity index (χ0) is 19.8. The highest BCUT2D eigenvalue weighted by atomic mass is 19.1. The zero-order valence-corrected chi connectivity index (χ0v) is 15.0. The van der Waals surface area contributed by atoms with Crippen LogP contribution in [0.5, 0.6) is 5.88 Å². The minimum absolute atomic E-state index is 0.0501. The highest BCUT2D eigenvalue weighted by Crippen LogP contribution is 2.40. The van der Waals surface area contributed by atoms with E-state index < -0.39 is 11.9 Å². The molecule has 0 spiro atoms. The zero-order valence-electron chi connectivity index (χ0n) is 15.0. The number of amides is 1. The summed E-state index contributed by atoms with van der Waals surface area (Å²) in [6.07, 6.45) is 2.33. The lowest BCUT2D eigenvalue weighted by molar-refractivity contribution is 0.209. The number of ether oxygens (including phenoxy) is 1. The van der Waals surface area contributed by atoms with Crippen molar-refractivity contribution in [1.82, 2.24) is 9.97 Å². The Balaban J connectivity index is 1.93. The van der Waals surface area contributed by atoms with E-state index in [-0.39, 0.29) is 17.1 Å². The molecule has 0 atom stereocenters. The fraction of sp³-hybridized carbons (Fsp3) is 0.211. The number of rotatable bonds is 3. The largest absolute Gasteiger partial charge is 0.474 e. The number of nitrogens with zero attached hydrogens (tertiary/aromatic N) is 2. The Morgan fingerprint density at radius 1 is 1.36 bits per heavy atom. The molecular weight excluding hydrogens is 365 g/mol. The fourth-order valence-corrected chi connectivity index (χ4v) is 3.42. The molecule has 0 saturated heterocycles. The monoisotopic (exact) mass is 383 g/mol. The van der Waals surface area contributed by atoms with Gasteiger partial charge in [0.05, 0.1) is 5.69 Å². The first-order valence-electron chi connectivity index (χ1n) is 8.76. The van der Waals surface area contributed by atoms with Crippen molar-refractivity contribution in [3.05, 3.63) is 35.9 Å². The van der Waals surface area contributed by atoms with Crippen LogP contribution in [0.1, 0.15) is 12.5 Å². The third kappa shape index (κ3) is 2.90. The molecule has 1 aliphatic rings. The molecule has 1 amide bonds. The molecule has 5 N–H and O–H groups in total. The van der Waals surface area contributed by atoms with Crippen LogP contribution in [0.3, 0.4) is 0 Å².